The average molecular weight is 771 g/mol. The van der Waals surface area contributed by atoms with Crippen LogP contribution < -0.4 is 21.3 Å². The lowest BCUT2D eigenvalue weighted by Gasteiger charge is -2.12. The van der Waals surface area contributed by atoms with Crippen molar-refractivity contribution in [2.24, 2.45) is 0 Å². The smallest absolute Gasteiger partial charge is 0.314 e. The number of rotatable bonds is 8. The van der Waals surface area contributed by atoms with Crippen molar-refractivity contribution in [3.8, 4) is 11.5 Å². The van der Waals surface area contributed by atoms with Crippen LogP contribution in [-0.2, 0) is 29.8 Å². The topological polar surface area (TPSA) is 266 Å². The molecule has 0 atom stereocenters. The first-order valence-corrected chi connectivity index (χ1v) is 18.3. The lowest BCUT2D eigenvalue weighted by molar-refractivity contribution is -0.132. The van der Waals surface area contributed by atoms with Crippen molar-refractivity contribution in [2.75, 3.05) is 21.3 Å². The molecular weight excluding hydrogens is 745 g/mol. The molecule has 0 bridgehead atoms. The molecule has 0 fully saturated rings. The molecule has 0 spiro atoms. The number of aromatic hydroxyl groups is 2. The Morgan fingerprint density at radius 1 is 0.444 bits per heavy atom. The second-order valence-electron chi connectivity index (χ2n) is 11.7. The van der Waals surface area contributed by atoms with E-state index in [-0.39, 0.29) is 56.1 Å². The van der Waals surface area contributed by atoms with E-state index >= 15 is 0 Å². The fourth-order valence-electron chi connectivity index (χ4n) is 5.34. The molecule has 0 saturated carbocycles. The van der Waals surface area contributed by atoms with Crippen LogP contribution in [0.25, 0.3) is 21.5 Å². The number of hydrogen-bond donors (Lipinski definition) is 8. The quantitative estimate of drug-likeness (QED) is 0.0753. The molecule has 0 heterocycles. The molecule has 0 aliphatic rings. The lowest BCUT2D eigenvalue weighted by Crippen LogP contribution is -2.29. The minimum absolute atomic E-state index is 0.0359. The van der Waals surface area contributed by atoms with Gasteiger partial charge in [-0.1, -0.05) is 0 Å². The van der Waals surface area contributed by atoms with Crippen molar-refractivity contribution in [2.45, 2.75) is 9.79 Å². The van der Waals surface area contributed by atoms with E-state index in [2.05, 4.69) is 21.3 Å². The van der Waals surface area contributed by atoms with Crippen LogP contribution in [0.2, 0.25) is 0 Å². The van der Waals surface area contributed by atoms with Crippen LogP contribution in [0.1, 0.15) is 20.7 Å². The van der Waals surface area contributed by atoms with Crippen molar-refractivity contribution in [3.05, 3.63) is 120 Å². The van der Waals surface area contributed by atoms with Crippen LogP contribution in [-0.4, -0.2) is 59.8 Å². The third-order valence-electron chi connectivity index (χ3n) is 7.93. The van der Waals surface area contributed by atoms with E-state index in [0.717, 1.165) is 24.3 Å². The van der Waals surface area contributed by atoms with E-state index in [1.165, 1.54) is 84.9 Å². The summed E-state index contributed by atoms with van der Waals surface area (Å²) in [7, 11) is -9.31. The molecule has 0 aromatic heterocycles. The van der Waals surface area contributed by atoms with Crippen LogP contribution >= 0.6 is 0 Å². The maximum Gasteiger partial charge on any atom is 0.314 e. The predicted molar refractivity (Wildman–Crippen MR) is 197 cm³/mol. The van der Waals surface area contributed by atoms with Crippen LogP contribution in [0.5, 0.6) is 11.5 Å². The highest BCUT2D eigenvalue weighted by Gasteiger charge is 2.19. The van der Waals surface area contributed by atoms with Crippen molar-refractivity contribution in [3.63, 3.8) is 0 Å². The lowest BCUT2D eigenvalue weighted by atomic mass is 10.1. The van der Waals surface area contributed by atoms with Gasteiger partial charge in [0.1, 0.15) is 11.5 Å². The SMILES string of the molecule is O=C(Nc1ccc(C(=O)Nc2cc(S(=O)(=O)O)cc3cc(O)ccc23)cc1)C(=O)Nc1ccc(C(=O)Nc2cc(S(=O)(=O)O)cc3cc(O)ccc23)cc1. The number of phenolic OH excluding ortho intramolecular Hbond substituents is 2. The van der Waals surface area contributed by atoms with Gasteiger partial charge < -0.3 is 31.5 Å². The van der Waals surface area contributed by atoms with Gasteiger partial charge >= 0.3 is 11.8 Å². The number of fused-ring (bicyclic) bond motifs is 2. The zero-order valence-corrected chi connectivity index (χ0v) is 28.9. The Balaban J connectivity index is 1.08. The largest absolute Gasteiger partial charge is 0.508 e. The fourth-order valence-corrected chi connectivity index (χ4v) is 6.42. The fraction of sp³-hybridized carbons (Fsp3) is 0. The van der Waals surface area contributed by atoms with Crippen molar-refractivity contribution in [1.82, 2.24) is 0 Å². The van der Waals surface area contributed by atoms with Gasteiger partial charge in [-0.3, -0.25) is 28.3 Å². The van der Waals surface area contributed by atoms with Gasteiger partial charge in [-0.15, -0.1) is 0 Å². The minimum atomic E-state index is -4.65. The minimum Gasteiger partial charge on any atom is -0.508 e. The zero-order chi connectivity index (χ0) is 38.9. The first kappa shape index (κ1) is 36.9. The third kappa shape index (κ3) is 8.27. The molecule has 6 aromatic carbocycles. The van der Waals surface area contributed by atoms with Gasteiger partial charge in [-0.25, -0.2) is 0 Å². The molecule has 54 heavy (non-hydrogen) atoms. The number of amides is 4. The standard InChI is InChI=1S/C36H26N4O12S2/c41-25-9-11-29-21(13-25)15-27(53(47,48)49)17-31(29)39-33(43)19-1-5-23(6-2-19)37-35(45)36(46)38-24-7-3-20(4-8-24)34(44)40-32-18-28(54(50,51)52)16-22-14-26(42)10-12-30(22)32/h1-18,41-42H,(H,37,45)(H,38,46)(H,39,43)(H,40,44)(H,47,48,49)(H,50,51,52). The van der Waals surface area contributed by atoms with Gasteiger partial charge in [0.2, 0.25) is 0 Å². The number of nitrogens with one attached hydrogen (secondary N) is 4. The number of hydrogen-bond acceptors (Lipinski definition) is 10. The van der Waals surface area contributed by atoms with Crippen LogP contribution in [0, 0.1) is 0 Å². The molecule has 6 aromatic rings. The molecule has 0 aliphatic carbocycles. The first-order valence-electron chi connectivity index (χ1n) is 15.4. The molecule has 0 unspecified atom stereocenters. The third-order valence-corrected chi connectivity index (χ3v) is 9.59. The summed E-state index contributed by atoms with van der Waals surface area (Å²) in [4.78, 5) is 50.2. The highest BCUT2D eigenvalue weighted by atomic mass is 32.2. The average Bonchev–Trinajstić information content (AvgIpc) is 3.10. The van der Waals surface area contributed by atoms with Crippen molar-refractivity contribution >= 4 is 88.2 Å². The summed E-state index contributed by atoms with van der Waals surface area (Å²) in [5, 5.41) is 30.7. The molecule has 18 heteroatoms. The summed E-state index contributed by atoms with van der Waals surface area (Å²) in [6.45, 7) is 0. The number of benzene rings is 6. The Kier molecular flexibility index (Phi) is 9.76. The van der Waals surface area contributed by atoms with E-state index in [9.17, 15) is 55.3 Å². The van der Waals surface area contributed by atoms with E-state index in [1.807, 2.05) is 0 Å². The summed E-state index contributed by atoms with van der Waals surface area (Å²) < 4.78 is 66.3. The van der Waals surface area contributed by atoms with Gasteiger partial charge in [0.05, 0.1) is 21.2 Å². The van der Waals surface area contributed by atoms with Gasteiger partial charge in [0.25, 0.3) is 32.1 Å². The molecule has 4 amide bonds. The molecule has 6 rings (SSSR count). The van der Waals surface area contributed by atoms with E-state index in [4.69, 9.17) is 0 Å². The Bertz CT molecular complexity index is 2560. The summed E-state index contributed by atoms with van der Waals surface area (Å²) in [5.74, 6) is -3.82. The Hall–Kier alpha value is -6.86. The Morgan fingerprint density at radius 2 is 0.796 bits per heavy atom. The molecule has 274 valence electrons. The highest BCUT2D eigenvalue weighted by Crippen LogP contribution is 2.32. The first-order chi connectivity index (χ1) is 25.4. The maximum absolute atomic E-state index is 13.0. The predicted octanol–water partition coefficient (Wildman–Crippen LogP) is 4.98. The normalized spacial score (nSPS) is 11.5. The second kappa shape index (κ2) is 14.3. The van der Waals surface area contributed by atoms with Crippen molar-refractivity contribution < 1.29 is 55.3 Å². The summed E-state index contributed by atoms with van der Waals surface area (Å²) >= 11 is 0. The number of anilines is 4. The van der Waals surface area contributed by atoms with Crippen LogP contribution in [0.3, 0.4) is 0 Å². The van der Waals surface area contributed by atoms with Gasteiger partial charge in [0.15, 0.2) is 0 Å². The molecule has 0 aliphatic heterocycles. The van der Waals surface area contributed by atoms with Gasteiger partial charge in [-0.05, 0) is 120 Å². The Labute approximate surface area is 305 Å². The van der Waals surface area contributed by atoms with E-state index in [1.54, 1.807) is 0 Å². The summed E-state index contributed by atoms with van der Waals surface area (Å²) in [6.07, 6.45) is 0. The van der Waals surface area contributed by atoms with E-state index in [0.29, 0.717) is 10.8 Å². The Morgan fingerprint density at radius 3 is 1.13 bits per heavy atom. The number of carbonyl (C=O) groups excluding carboxylic acids is 4. The molecule has 0 saturated heterocycles. The molecule has 8 N–H and O–H groups in total. The number of carbonyl (C=O) groups is 4. The molecule has 0 radical (unpaired) electrons. The summed E-state index contributed by atoms with van der Waals surface area (Å²) in [6, 6.07) is 23.2. The summed E-state index contributed by atoms with van der Waals surface area (Å²) in [5.41, 5.74) is 0.541. The second-order valence-corrected chi connectivity index (χ2v) is 14.5. The maximum atomic E-state index is 13.0. The monoisotopic (exact) mass is 770 g/mol. The highest BCUT2D eigenvalue weighted by molar-refractivity contribution is 7.86. The van der Waals surface area contributed by atoms with E-state index < -0.39 is 53.7 Å². The molecule has 16 nitrogen and oxygen atoms in total. The van der Waals surface area contributed by atoms with Crippen molar-refractivity contribution in [1.29, 1.82) is 0 Å². The van der Waals surface area contributed by atoms with Gasteiger partial charge in [0, 0.05) is 33.3 Å². The van der Waals surface area contributed by atoms with Crippen LogP contribution in [0.4, 0.5) is 22.7 Å². The zero-order valence-electron chi connectivity index (χ0n) is 27.3. The van der Waals surface area contributed by atoms with Gasteiger partial charge in [-0.2, -0.15) is 16.8 Å². The van der Waals surface area contributed by atoms with Crippen LogP contribution in [0.15, 0.2) is 119 Å². The molecular formula is C36H26N4O12S2. The number of phenols is 2.